The van der Waals surface area contributed by atoms with E-state index in [2.05, 4.69) is 0 Å². The molecule has 0 aromatic rings. The normalized spacial score (nSPS) is 12.7. The highest BCUT2D eigenvalue weighted by Crippen LogP contribution is 1.90. The predicted octanol–water partition coefficient (Wildman–Crippen LogP) is 0.500. The first-order valence-corrected chi connectivity index (χ1v) is 2.45. The van der Waals surface area contributed by atoms with Crippen molar-refractivity contribution < 1.29 is 5.11 Å². The quantitative estimate of drug-likeness (QED) is 0.538. The van der Waals surface area contributed by atoms with Gasteiger partial charge in [-0.1, -0.05) is 0 Å². The summed E-state index contributed by atoms with van der Waals surface area (Å²) in [5, 5.41) is 16.4. The molecular weight excluding hydrogens is 114 g/mol. The van der Waals surface area contributed by atoms with Crippen LogP contribution < -0.4 is 0 Å². The van der Waals surface area contributed by atoms with Gasteiger partial charge in [0.15, 0.2) is 0 Å². The molecular formula is C4H6ClNO. The standard InChI is InChI=1S/C4H6ClNO/c5-3-4(7)1-2-6/h4,7H,1,3H2/t4-/m1/s1. The molecule has 1 N–H and O–H groups in total. The van der Waals surface area contributed by atoms with Crippen molar-refractivity contribution >= 4 is 11.6 Å². The molecule has 0 aromatic heterocycles. The molecule has 0 saturated carbocycles. The number of aliphatic hydroxyl groups is 1. The van der Waals surface area contributed by atoms with Gasteiger partial charge in [0.2, 0.25) is 0 Å². The van der Waals surface area contributed by atoms with Crippen molar-refractivity contribution in [3.63, 3.8) is 0 Å². The fourth-order valence-corrected chi connectivity index (χ4v) is 0.269. The van der Waals surface area contributed by atoms with E-state index in [1.807, 2.05) is 0 Å². The summed E-state index contributed by atoms with van der Waals surface area (Å²) >= 11 is 5.13. The van der Waals surface area contributed by atoms with Gasteiger partial charge in [-0.3, -0.25) is 0 Å². The largest absolute Gasteiger partial charge is 0.391 e. The molecule has 0 fully saturated rings. The van der Waals surface area contributed by atoms with Crippen LogP contribution in [-0.2, 0) is 0 Å². The number of nitriles is 1. The van der Waals surface area contributed by atoms with Crippen LogP contribution in [0.15, 0.2) is 0 Å². The summed E-state index contributed by atoms with van der Waals surface area (Å²) in [6.45, 7) is 0. The summed E-state index contributed by atoms with van der Waals surface area (Å²) in [6.07, 6.45) is -0.518. The lowest BCUT2D eigenvalue weighted by molar-refractivity contribution is 0.203. The van der Waals surface area contributed by atoms with Crippen molar-refractivity contribution in [2.45, 2.75) is 12.5 Å². The molecule has 40 valence electrons. The maximum atomic E-state index is 8.50. The number of halogens is 1. The Morgan fingerprint density at radius 1 is 1.86 bits per heavy atom. The van der Waals surface area contributed by atoms with Crippen molar-refractivity contribution in [1.29, 1.82) is 5.26 Å². The minimum atomic E-state index is -0.647. The molecule has 0 aliphatic carbocycles. The maximum absolute atomic E-state index is 8.50. The number of rotatable bonds is 2. The zero-order valence-corrected chi connectivity index (χ0v) is 4.52. The predicted molar refractivity (Wildman–Crippen MR) is 27.0 cm³/mol. The second-order valence-corrected chi connectivity index (χ2v) is 1.48. The SMILES string of the molecule is N#CC[C@@H](O)CCl. The van der Waals surface area contributed by atoms with E-state index in [1.165, 1.54) is 0 Å². The van der Waals surface area contributed by atoms with Crippen molar-refractivity contribution in [3.05, 3.63) is 0 Å². The monoisotopic (exact) mass is 119 g/mol. The lowest BCUT2D eigenvalue weighted by Gasteiger charge is -1.94. The van der Waals surface area contributed by atoms with E-state index in [1.54, 1.807) is 6.07 Å². The summed E-state index contributed by atoms with van der Waals surface area (Å²) in [5.74, 6) is 0.146. The molecule has 0 spiro atoms. The van der Waals surface area contributed by atoms with E-state index >= 15 is 0 Å². The van der Waals surface area contributed by atoms with Gasteiger partial charge in [0, 0.05) is 5.88 Å². The van der Waals surface area contributed by atoms with Crippen LogP contribution in [0.2, 0.25) is 0 Å². The molecule has 0 unspecified atom stereocenters. The summed E-state index contributed by atoms with van der Waals surface area (Å²) in [5.41, 5.74) is 0. The fourth-order valence-electron chi connectivity index (χ4n) is 0.160. The molecule has 2 nitrogen and oxygen atoms in total. The molecule has 0 aromatic carbocycles. The van der Waals surface area contributed by atoms with E-state index < -0.39 is 6.10 Å². The number of alkyl halides is 1. The Kier molecular flexibility index (Phi) is 3.77. The van der Waals surface area contributed by atoms with Crippen molar-refractivity contribution in [2.24, 2.45) is 0 Å². The van der Waals surface area contributed by atoms with Gasteiger partial charge in [0.05, 0.1) is 18.6 Å². The Labute approximate surface area is 47.3 Å². The molecule has 0 bridgehead atoms. The minimum absolute atomic E-state index is 0.128. The van der Waals surface area contributed by atoms with Gasteiger partial charge in [-0.25, -0.2) is 0 Å². The first-order valence-electron chi connectivity index (χ1n) is 1.92. The lowest BCUT2D eigenvalue weighted by Crippen LogP contribution is -2.05. The number of nitrogens with zero attached hydrogens (tertiary/aromatic N) is 1. The van der Waals surface area contributed by atoms with E-state index in [0.717, 1.165) is 0 Å². The average molecular weight is 120 g/mol. The molecule has 0 rings (SSSR count). The van der Waals surface area contributed by atoms with Crippen molar-refractivity contribution in [3.8, 4) is 6.07 Å². The number of hydrogen-bond donors (Lipinski definition) is 1. The molecule has 0 amide bonds. The molecule has 7 heavy (non-hydrogen) atoms. The number of aliphatic hydroxyl groups excluding tert-OH is 1. The van der Waals surface area contributed by atoms with Crippen LogP contribution >= 0.6 is 11.6 Å². The van der Waals surface area contributed by atoms with Crippen LogP contribution in [-0.4, -0.2) is 17.1 Å². The topological polar surface area (TPSA) is 44.0 Å². The average Bonchev–Trinajstić information content (AvgIpc) is 1.68. The second kappa shape index (κ2) is 3.91. The van der Waals surface area contributed by atoms with Crippen molar-refractivity contribution in [1.82, 2.24) is 0 Å². The van der Waals surface area contributed by atoms with Gasteiger partial charge < -0.3 is 5.11 Å². The molecule has 0 radical (unpaired) electrons. The molecule has 0 saturated heterocycles. The zero-order valence-electron chi connectivity index (χ0n) is 3.76. The van der Waals surface area contributed by atoms with Crippen LogP contribution in [0.5, 0.6) is 0 Å². The highest BCUT2D eigenvalue weighted by atomic mass is 35.5. The van der Waals surface area contributed by atoms with Crippen molar-refractivity contribution in [2.75, 3.05) is 5.88 Å². The first kappa shape index (κ1) is 6.74. The first-order chi connectivity index (χ1) is 3.31. The molecule has 0 aliphatic rings. The van der Waals surface area contributed by atoms with Gasteiger partial charge >= 0.3 is 0 Å². The molecule has 0 aliphatic heterocycles. The van der Waals surface area contributed by atoms with Crippen LogP contribution in [0.3, 0.4) is 0 Å². The highest BCUT2D eigenvalue weighted by molar-refractivity contribution is 6.18. The maximum Gasteiger partial charge on any atom is 0.0805 e. The smallest absolute Gasteiger partial charge is 0.0805 e. The molecule has 0 heterocycles. The Morgan fingerprint density at radius 3 is 2.57 bits per heavy atom. The van der Waals surface area contributed by atoms with E-state index in [4.69, 9.17) is 22.0 Å². The van der Waals surface area contributed by atoms with E-state index in [-0.39, 0.29) is 12.3 Å². The van der Waals surface area contributed by atoms with Gasteiger partial charge in [-0.2, -0.15) is 5.26 Å². The van der Waals surface area contributed by atoms with Crippen LogP contribution in [0.1, 0.15) is 6.42 Å². The van der Waals surface area contributed by atoms with Gasteiger partial charge in [-0.15, -0.1) is 11.6 Å². The third-order valence-electron chi connectivity index (χ3n) is 0.505. The van der Waals surface area contributed by atoms with Gasteiger partial charge in [0.25, 0.3) is 0 Å². The van der Waals surface area contributed by atoms with E-state index in [9.17, 15) is 0 Å². The lowest BCUT2D eigenvalue weighted by atomic mass is 10.3. The second-order valence-electron chi connectivity index (χ2n) is 1.17. The Morgan fingerprint density at radius 2 is 2.43 bits per heavy atom. The molecule has 3 heteroatoms. The highest BCUT2D eigenvalue weighted by Gasteiger charge is 1.96. The Bertz CT molecular complexity index is 78.2. The summed E-state index contributed by atoms with van der Waals surface area (Å²) < 4.78 is 0. The fraction of sp³-hybridized carbons (Fsp3) is 0.750. The van der Waals surface area contributed by atoms with Gasteiger partial charge in [-0.05, 0) is 0 Å². The Hall–Kier alpha value is -0.260. The van der Waals surface area contributed by atoms with E-state index in [0.29, 0.717) is 0 Å². The third kappa shape index (κ3) is 3.57. The Balaban J connectivity index is 3.03. The van der Waals surface area contributed by atoms with Gasteiger partial charge in [0.1, 0.15) is 0 Å². The minimum Gasteiger partial charge on any atom is -0.391 e. The number of hydrogen-bond acceptors (Lipinski definition) is 2. The van der Waals surface area contributed by atoms with Crippen LogP contribution in [0, 0.1) is 11.3 Å². The van der Waals surface area contributed by atoms with Crippen LogP contribution in [0.4, 0.5) is 0 Å². The summed E-state index contributed by atoms with van der Waals surface area (Å²) in [4.78, 5) is 0. The zero-order chi connectivity index (χ0) is 5.70. The summed E-state index contributed by atoms with van der Waals surface area (Å²) in [6, 6.07) is 1.78. The summed E-state index contributed by atoms with van der Waals surface area (Å²) in [7, 11) is 0. The molecule has 1 atom stereocenters. The third-order valence-corrected chi connectivity index (χ3v) is 0.861. The van der Waals surface area contributed by atoms with Crippen LogP contribution in [0.25, 0.3) is 0 Å².